The van der Waals surface area contributed by atoms with Gasteiger partial charge in [0.15, 0.2) is 0 Å². The summed E-state index contributed by atoms with van der Waals surface area (Å²) < 4.78 is 0. The minimum Gasteiger partial charge on any atom is -0.299 e. The molecule has 0 bridgehead atoms. The van der Waals surface area contributed by atoms with Crippen molar-refractivity contribution in [3.63, 3.8) is 0 Å². The van der Waals surface area contributed by atoms with E-state index in [1.165, 1.54) is 0 Å². The van der Waals surface area contributed by atoms with Crippen molar-refractivity contribution in [2.24, 2.45) is 0 Å². The van der Waals surface area contributed by atoms with Crippen LogP contribution < -0.4 is 0 Å². The van der Waals surface area contributed by atoms with Crippen LogP contribution in [0.4, 0.5) is 0 Å². The van der Waals surface area contributed by atoms with Gasteiger partial charge in [-0.2, -0.15) is 0 Å². The highest BCUT2D eigenvalue weighted by Crippen LogP contribution is 1.88. The summed E-state index contributed by atoms with van der Waals surface area (Å²) in [6, 6.07) is 0. The topological polar surface area (TPSA) is 95.7 Å². The van der Waals surface area contributed by atoms with Crippen molar-refractivity contribution in [1.82, 2.24) is 0 Å². The van der Waals surface area contributed by atoms with Crippen LogP contribution in [0.3, 0.4) is 0 Å². The molecule has 0 N–H and O–H groups in total. The second kappa shape index (κ2) is 4.20. The molecular weight excluding hydrogens is 158 g/mol. The zero-order valence-electron chi connectivity index (χ0n) is 5.60. The molecule has 0 spiro atoms. The summed E-state index contributed by atoms with van der Waals surface area (Å²) in [5, 5.41) is 8.12. The van der Waals surface area contributed by atoms with Gasteiger partial charge in [-0.15, -0.1) is 10.1 Å². The fourth-order valence-electron chi connectivity index (χ4n) is 0.305. The number of hydrogen-bond donors (Lipinski definition) is 0. The Morgan fingerprint density at radius 2 is 2.09 bits per heavy atom. The molecule has 0 saturated heterocycles. The van der Waals surface area contributed by atoms with Crippen molar-refractivity contribution in [2.75, 3.05) is 0 Å². The number of carbonyl (C=O) groups excluding carboxylic acids is 2. The largest absolute Gasteiger partial charge is 0.350 e. The van der Waals surface area contributed by atoms with Gasteiger partial charge in [-0.25, -0.2) is 4.79 Å². The predicted molar refractivity (Wildman–Crippen MR) is 29.5 cm³/mol. The summed E-state index contributed by atoms with van der Waals surface area (Å²) in [5.41, 5.74) is 0. The minimum atomic E-state index is -1.29. The Kier molecular flexibility index (Phi) is 3.57. The van der Waals surface area contributed by atoms with Gasteiger partial charge in [0.2, 0.25) is 0 Å². The first-order chi connectivity index (χ1) is 5.02. The molecule has 0 atom stereocenters. The van der Waals surface area contributed by atoms with Gasteiger partial charge in [-0.3, -0.25) is 9.68 Å². The lowest BCUT2D eigenvalue weighted by Gasteiger charge is -1.94. The molecule has 7 heteroatoms. The van der Waals surface area contributed by atoms with E-state index in [9.17, 15) is 19.7 Å². The molecule has 7 nitrogen and oxygen atoms in total. The molecule has 0 aromatic carbocycles. The summed E-state index contributed by atoms with van der Waals surface area (Å²) in [5.74, 6) is -1.55. The maximum absolute atomic E-state index is 10.3. The molecule has 0 aliphatic carbocycles. The number of nitrogens with zero attached hydrogens (tertiary/aromatic N) is 1. The molecule has 0 aromatic rings. The van der Waals surface area contributed by atoms with Crippen molar-refractivity contribution in [1.29, 1.82) is 0 Å². The zero-order valence-corrected chi connectivity index (χ0v) is 5.60. The monoisotopic (exact) mass is 163 g/mol. The molecule has 0 amide bonds. The fraction of sp³-hybridized carbons (Fsp3) is 0.500. The lowest BCUT2D eigenvalue weighted by Crippen LogP contribution is -2.12. The first kappa shape index (κ1) is 9.34. The molecule has 0 heterocycles. The maximum Gasteiger partial charge on any atom is 0.350 e. The van der Waals surface area contributed by atoms with Crippen LogP contribution in [-0.4, -0.2) is 16.8 Å². The second-order valence-electron chi connectivity index (χ2n) is 1.63. The third kappa shape index (κ3) is 6.22. The summed E-state index contributed by atoms with van der Waals surface area (Å²) >= 11 is 0. The minimum absolute atomic E-state index is 0.457. The zero-order chi connectivity index (χ0) is 8.85. The van der Waals surface area contributed by atoms with Crippen LogP contribution in [0.1, 0.15) is 13.3 Å². The standard InChI is InChI=1S/C4H5NO6/c1-3(6)2-4(7)10-11-5(8)9/h2H2,1H3. The van der Waals surface area contributed by atoms with Crippen molar-refractivity contribution >= 4 is 11.8 Å². The van der Waals surface area contributed by atoms with Crippen molar-refractivity contribution < 1.29 is 24.6 Å². The SMILES string of the molecule is CC(=O)CC(=O)OO[N+](=O)[O-]. The molecule has 11 heavy (non-hydrogen) atoms. The van der Waals surface area contributed by atoms with E-state index in [1.54, 1.807) is 0 Å². The van der Waals surface area contributed by atoms with E-state index in [0.29, 0.717) is 0 Å². The average molecular weight is 163 g/mol. The van der Waals surface area contributed by atoms with Crippen LogP contribution in [-0.2, 0) is 19.5 Å². The number of Topliss-reactive ketones (excluding diaryl/α,β-unsaturated/α-hetero) is 1. The summed E-state index contributed by atoms with van der Waals surface area (Å²) in [6.07, 6.45) is -0.534. The van der Waals surface area contributed by atoms with Gasteiger partial charge in [0.25, 0.3) is 0 Å². The van der Waals surface area contributed by atoms with Gasteiger partial charge in [-0.05, 0) is 6.92 Å². The Hall–Kier alpha value is -1.66. The molecule has 0 unspecified atom stereocenters. The van der Waals surface area contributed by atoms with E-state index in [1.807, 2.05) is 0 Å². The Bertz CT molecular complexity index is 187. The van der Waals surface area contributed by atoms with Gasteiger partial charge >= 0.3 is 11.1 Å². The molecular formula is C4H5NO6. The Balaban J connectivity index is 3.53. The molecule has 0 radical (unpaired) electrons. The van der Waals surface area contributed by atoms with Crippen LogP contribution in [0, 0.1) is 10.1 Å². The first-order valence-corrected chi connectivity index (χ1v) is 2.53. The number of hydrogen-bond acceptors (Lipinski definition) is 6. The van der Waals surface area contributed by atoms with E-state index in [-0.39, 0.29) is 0 Å². The molecule has 0 aliphatic heterocycles. The lowest BCUT2D eigenvalue weighted by molar-refractivity contribution is -0.839. The maximum atomic E-state index is 10.3. The van der Waals surface area contributed by atoms with Crippen molar-refractivity contribution in [2.45, 2.75) is 13.3 Å². The third-order valence-corrected chi connectivity index (χ3v) is 0.584. The summed E-state index contributed by atoms with van der Waals surface area (Å²) in [7, 11) is 0. The molecule has 0 aliphatic rings. The van der Waals surface area contributed by atoms with Gasteiger partial charge < -0.3 is 0 Å². The number of carbonyl (C=O) groups is 2. The number of rotatable bonds is 4. The van der Waals surface area contributed by atoms with Gasteiger partial charge in [0, 0.05) is 0 Å². The Morgan fingerprint density at radius 1 is 1.55 bits per heavy atom. The normalized spacial score (nSPS) is 8.45. The third-order valence-electron chi connectivity index (χ3n) is 0.584. The van der Waals surface area contributed by atoms with E-state index in [2.05, 4.69) is 9.88 Å². The Labute approximate surface area is 60.9 Å². The van der Waals surface area contributed by atoms with Crippen LogP contribution in [0.25, 0.3) is 0 Å². The second-order valence-corrected chi connectivity index (χ2v) is 1.63. The van der Waals surface area contributed by atoms with E-state index >= 15 is 0 Å². The molecule has 0 rings (SSSR count). The van der Waals surface area contributed by atoms with E-state index in [4.69, 9.17) is 0 Å². The lowest BCUT2D eigenvalue weighted by atomic mass is 10.3. The summed E-state index contributed by atoms with van der Waals surface area (Å²) in [4.78, 5) is 36.6. The van der Waals surface area contributed by atoms with Crippen LogP contribution in [0.5, 0.6) is 0 Å². The highest BCUT2D eigenvalue weighted by Gasteiger charge is 2.08. The van der Waals surface area contributed by atoms with E-state index in [0.717, 1.165) is 6.92 Å². The quantitative estimate of drug-likeness (QED) is 0.243. The first-order valence-electron chi connectivity index (χ1n) is 2.53. The van der Waals surface area contributed by atoms with Crippen LogP contribution >= 0.6 is 0 Å². The fourth-order valence-corrected chi connectivity index (χ4v) is 0.305. The van der Waals surface area contributed by atoms with Crippen LogP contribution in [0.15, 0.2) is 0 Å². The smallest absolute Gasteiger partial charge is 0.299 e. The highest BCUT2D eigenvalue weighted by molar-refractivity contribution is 5.93. The number of ketones is 1. The van der Waals surface area contributed by atoms with E-state index < -0.39 is 23.3 Å². The average Bonchev–Trinajstić information content (AvgIpc) is 1.82. The van der Waals surface area contributed by atoms with Crippen LogP contribution in [0.2, 0.25) is 0 Å². The van der Waals surface area contributed by atoms with Gasteiger partial charge in [0.05, 0.1) is 0 Å². The molecule has 0 aromatic heterocycles. The van der Waals surface area contributed by atoms with Crippen molar-refractivity contribution in [3.8, 4) is 0 Å². The molecule has 0 fully saturated rings. The molecule has 62 valence electrons. The molecule has 0 saturated carbocycles. The summed E-state index contributed by atoms with van der Waals surface area (Å²) in [6.45, 7) is 1.15. The van der Waals surface area contributed by atoms with Gasteiger partial charge in [0.1, 0.15) is 12.2 Å². The van der Waals surface area contributed by atoms with Gasteiger partial charge in [-0.1, -0.05) is 4.99 Å². The van der Waals surface area contributed by atoms with Crippen molar-refractivity contribution in [3.05, 3.63) is 10.1 Å². The predicted octanol–water partition coefficient (Wildman–Crippen LogP) is -0.368. The Morgan fingerprint density at radius 3 is 2.45 bits per heavy atom. The highest BCUT2D eigenvalue weighted by atomic mass is 17.3.